The van der Waals surface area contributed by atoms with Gasteiger partial charge in [0.1, 0.15) is 0 Å². The van der Waals surface area contributed by atoms with Crippen LogP contribution in [0.25, 0.3) is 0 Å². The Labute approximate surface area is 148 Å². The summed E-state index contributed by atoms with van der Waals surface area (Å²) in [5.41, 5.74) is 3.50. The Kier molecular flexibility index (Phi) is 5.71. The number of benzene rings is 1. The highest BCUT2D eigenvalue weighted by molar-refractivity contribution is 6.31. The van der Waals surface area contributed by atoms with Crippen molar-refractivity contribution in [3.8, 4) is 0 Å². The number of nitrogens with one attached hydrogen (secondary N) is 1. The van der Waals surface area contributed by atoms with Crippen LogP contribution in [0, 0.1) is 0 Å². The largest absolute Gasteiger partial charge is 0.369 e. The zero-order valence-corrected chi connectivity index (χ0v) is 15.1. The van der Waals surface area contributed by atoms with E-state index in [1.54, 1.807) is 0 Å². The molecule has 6 nitrogen and oxygen atoms in total. The highest BCUT2D eigenvalue weighted by Crippen LogP contribution is 2.28. The summed E-state index contributed by atoms with van der Waals surface area (Å²) in [6.45, 7) is 8.60. The summed E-state index contributed by atoms with van der Waals surface area (Å²) in [6.07, 6.45) is 1.81. The van der Waals surface area contributed by atoms with Gasteiger partial charge in [-0.1, -0.05) is 22.9 Å². The van der Waals surface area contributed by atoms with Crippen LogP contribution in [0.5, 0.6) is 0 Å². The second-order valence-corrected chi connectivity index (χ2v) is 6.58. The SMILES string of the molecule is CCn1nncc1CNCc1c(Cl)cccc1N1CCN(C)CC1. The maximum atomic E-state index is 6.49. The van der Waals surface area contributed by atoms with E-state index in [0.29, 0.717) is 0 Å². The molecule has 24 heavy (non-hydrogen) atoms. The molecule has 7 heteroatoms. The summed E-state index contributed by atoms with van der Waals surface area (Å²) >= 11 is 6.49. The molecule has 2 aromatic rings. The molecule has 0 radical (unpaired) electrons. The molecule has 1 fully saturated rings. The van der Waals surface area contributed by atoms with Gasteiger partial charge in [0.25, 0.3) is 0 Å². The van der Waals surface area contributed by atoms with Crippen LogP contribution in [0.4, 0.5) is 5.69 Å². The molecule has 1 aliphatic rings. The van der Waals surface area contributed by atoms with Crippen LogP contribution in [0.15, 0.2) is 24.4 Å². The Bertz CT molecular complexity index is 663. The van der Waals surface area contributed by atoms with E-state index >= 15 is 0 Å². The first-order valence-corrected chi connectivity index (χ1v) is 8.85. The zero-order chi connectivity index (χ0) is 16.9. The van der Waals surface area contributed by atoms with Gasteiger partial charge in [0.15, 0.2) is 0 Å². The maximum absolute atomic E-state index is 6.49. The third-order valence-corrected chi connectivity index (χ3v) is 4.90. The zero-order valence-electron chi connectivity index (χ0n) is 14.4. The number of likely N-dealkylation sites (N-methyl/N-ethyl adjacent to an activating group) is 1. The van der Waals surface area contributed by atoms with Gasteiger partial charge in [0.05, 0.1) is 11.9 Å². The van der Waals surface area contributed by atoms with Gasteiger partial charge in [-0.15, -0.1) is 5.10 Å². The molecule has 0 atom stereocenters. The standard InChI is InChI=1S/C17H25ClN6/c1-3-24-14(12-20-21-24)11-19-13-15-16(18)5-4-6-17(15)23-9-7-22(2)8-10-23/h4-6,12,19H,3,7-11,13H2,1-2H3. The molecule has 0 unspecified atom stereocenters. The van der Waals surface area contributed by atoms with Crippen molar-refractivity contribution < 1.29 is 0 Å². The van der Waals surface area contributed by atoms with Gasteiger partial charge in [0.2, 0.25) is 0 Å². The average Bonchev–Trinajstić information content (AvgIpc) is 3.04. The first kappa shape index (κ1) is 17.2. The van der Waals surface area contributed by atoms with Crippen LogP contribution in [0.2, 0.25) is 5.02 Å². The van der Waals surface area contributed by atoms with Crippen molar-refractivity contribution in [1.82, 2.24) is 25.2 Å². The highest BCUT2D eigenvalue weighted by atomic mass is 35.5. The molecule has 0 aliphatic carbocycles. The van der Waals surface area contributed by atoms with Crippen molar-refractivity contribution in [3.05, 3.63) is 40.7 Å². The number of aromatic nitrogens is 3. The Balaban J connectivity index is 1.68. The van der Waals surface area contributed by atoms with E-state index in [9.17, 15) is 0 Å². The molecule has 3 rings (SSSR count). The van der Waals surface area contributed by atoms with Crippen LogP contribution in [0.3, 0.4) is 0 Å². The second kappa shape index (κ2) is 7.96. The molecule has 0 amide bonds. The Morgan fingerprint density at radius 3 is 2.71 bits per heavy atom. The fourth-order valence-corrected chi connectivity index (χ4v) is 3.30. The summed E-state index contributed by atoms with van der Waals surface area (Å²) in [5.74, 6) is 0. The summed E-state index contributed by atoms with van der Waals surface area (Å²) in [5, 5.41) is 12.3. The Hall–Kier alpha value is -1.63. The van der Waals surface area contributed by atoms with Crippen molar-refractivity contribution >= 4 is 17.3 Å². The van der Waals surface area contributed by atoms with E-state index in [4.69, 9.17) is 11.6 Å². The fraction of sp³-hybridized carbons (Fsp3) is 0.529. The van der Waals surface area contributed by atoms with E-state index in [-0.39, 0.29) is 0 Å². The predicted molar refractivity (Wildman–Crippen MR) is 97.4 cm³/mol. The van der Waals surface area contributed by atoms with Crippen LogP contribution >= 0.6 is 11.6 Å². The lowest BCUT2D eigenvalue weighted by Gasteiger charge is -2.35. The molecule has 1 saturated heterocycles. The van der Waals surface area contributed by atoms with E-state index in [1.807, 2.05) is 23.0 Å². The van der Waals surface area contributed by atoms with Crippen LogP contribution in [-0.2, 0) is 19.6 Å². The number of hydrogen-bond acceptors (Lipinski definition) is 5. The number of nitrogens with zero attached hydrogens (tertiary/aromatic N) is 5. The highest BCUT2D eigenvalue weighted by Gasteiger charge is 2.18. The van der Waals surface area contributed by atoms with E-state index in [0.717, 1.165) is 56.5 Å². The predicted octanol–water partition coefficient (Wildman–Crippen LogP) is 1.99. The monoisotopic (exact) mass is 348 g/mol. The van der Waals surface area contributed by atoms with Gasteiger partial charge in [-0.3, -0.25) is 0 Å². The summed E-state index contributed by atoms with van der Waals surface area (Å²) in [6, 6.07) is 6.18. The molecule has 0 bridgehead atoms. The van der Waals surface area contributed by atoms with Gasteiger partial charge in [-0.2, -0.15) is 0 Å². The lowest BCUT2D eigenvalue weighted by atomic mass is 10.1. The van der Waals surface area contributed by atoms with E-state index < -0.39 is 0 Å². The first-order chi connectivity index (χ1) is 11.7. The number of rotatable bonds is 6. The number of hydrogen-bond donors (Lipinski definition) is 1. The number of anilines is 1. The minimum atomic E-state index is 0.730. The van der Waals surface area contributed by atoms with Gasteiger partial charge < -0.3 is 15.1 Å². The minimum absolute atomic E-state index is 0.730. The van der Waals surface area contributed by atoms with Gasteiger partial charge >= 0.3 is 0 Å². The average molecular weight is 349 g/mol. The van der Waals surface area contributed by atoms with Crippen molar-refractivity contribution in [2.45, 2.75) is 26.6 Å². The quantitative estimate of drug-likeness (QED) is 0.865. The molecular weight excluding hydrogens is 324 g/mol. The molecule has 1 aromatic carbocycles. The first-order valence-electron chi connectivity index (χ1n) is 8.48. The molecule has 1 aliphatic heterocycles. The summed E-state index contributed by atoms with van der Waals surface area (Å²) in [4.78, 5) is 4.79. The normalized spacial score (nSPS) is 15.9. The van der Waals surface area contributed by atoms with Crippen LogP contribution in [-0.4, -0.2) is 53.1 Å². The van der Waals surface area contributed by atoms with Crippen molar-refractivity contribution in [2.75, 3.05) is 38.1 Å². The molecule has 130 valence electrons. The van der Waals surface area contributed by atoms with Crippen LogP contribution < -0.4 is 10.2 Å². The molecule has 1 aromatic heterocycles. The molecule has 0 spiro atoms. The van der Waals surface area contributed by atoms with Gasteiger partial charge in [-0.05, 0) is 26.1 Å². The number of halogens is 1. The third kappa shape index (κ3) is 3.88. The molecule has 2 heterocycles. The minimum Gasteiger partial charge on any atom is -0.369 e. The van der Waals surface area contributed by atoms with Crippen molar-refractivity contribution in [2.24, 2.45) is 0 Å². The Morgan fingerprint density at radius 2 is 1.96 bits per heavy atom. The maximum Gasteiger partial charge on any atom is 0.0738 e. The smallest absolute Gasteiger partial charge is 0.0738 e. The molecular formula is C17H25ClN6. The molecule has 1 N–H and O–H groups in total. The Morgan fingerprint density at radius 1 is 1.17 bits per heavy atom. The van der Waals surface area contributed by atoms with Crippen LogP contribution in [0.1, 0.15) is 18.2 Å². The van der Waals surface area contributed by atoms with E-state index in [2.05, 4.69) is 45.5 Å². The topological polar surface area (TPSA) is 49.2 Å². The fourth-order valence-electron chi connectivity index (χ4n) is 3.06. The lowest BCUT2D eigenvalue weighted by molar-refractivity contribution is 0.312. The van der Waals surface area contributed by atoms with Gasteiger partial charge in [0, 0.05) is 62.1 Å². The van der Waals surface area contributed by atoms with Crippen molar-refractivity contribution in [1.29, 1.82) is 0 Å². The summed E-state index contributed by atoms with van der Waals surface area (Å²) in [7, 11) is 2.17. The van der Waals surface area contributed by atoms with Gasteiger partial charge in [-0.25, -0.2) is 4.68 Å². The summed E-state index contributed by atoms with van der Waals surface area (Å²) < 4.78 is 1.90. The third-order valence-electron chi connectivity index (χ3n) is 4.54. The number of piperazine rings is 1. The van der Waals surface area contributed by atoms with E-state index in [1.165, 1.54) is 11.3 Å². The molecule has 0 saturated carbocycles. The van der Waals surface area contributed by atoms with Crippen molar-refractivity contribution in [3.63, 3.8) is 0 Å². The second-order valence-electron chi connectivity index (χ2n) is 6.17. The lowest BCUT2D eigenvalue weighted by Crippen LogP contribution is -2.45. The number of aryl methyl sites for hydroxylation is 1.